The normalized spacial score (nSPS) is 16.5. The topological polar surface area (TPSA) is 57.5 Å². The zero-order chi connectivity index (χ0) is 12.5. The molecule has 0 aromatic heterocycles. The van der Waals surface area contributed by atoms with Gasteiger partial charge in [-0.2, -0.15) is 0 Å². The minimum Gasteiger partial charge on any atom is -0.324 e. The van der Waals surface area contributed by atoms with Gasteiger partial charge in [0.15, 0.2) is 0 Å². The third-order valence-electron chi connectivity index (χ3n) is 3.03. The highest BCUT2D eigenvalue weighted by Crippen LogP contribution is 2.54. The molecule has 0 heterocycles. The van der Waals surface area contributed by atoms with Crippen molar-refractivity contribution in [3.63, 3.8) is 0 Å². The van der Waals surface area contributed by atoms with Gasteiger partial charge in [0.2, 0.25) is 0 Å². The van der Waals surface area contributed by atoms with Gasteiger partial charge in [-0.25, -0.2) is 0 Å². The van der Waals surface area contributed by atoms with E-state index in [0.717, 1.165) is 6.42 Å². The van der Waals surface area contributed by atoms with Gasteiger partial charge in [0.1, 0.15) is 0 Å². The van der Waals surface area contributed by atoms with Crippen molar-refractivity contribution >= 4 is 7.60 Å². The maximum Gasteiger partial charge on any atom is 0.329 e. The van der Waals surface area contributed by atoms with Gasteiger partial charge in [-0.15, -0.1) is 0 Å². The molecule has 0 aromatic rings. The standard InChI is InChI=1S/C11H25O3P/c1-7-11(5,6)9(15(12,13)14)8-10(2,3)4/h9H,7-8H2,1-6H3,(H2,12,13,14). The Balaban J connectivity index is 5.01. The molecule has 2 N–H and O–H groups in total. The fourth-order valence-electron chi connectivity index (χ4n) is 1.67. The summed E-state index contributed by atoms with van der Waals surface area (Å²) in [5, 5.41) is 0. The summed E-state index contributed by atoms with van der Waals surface area (Å²) in [4.78, 5) is 18.8. The van der Waals surface area contributed by atoms with Gasteiger partial charge in [0.05, 0.1) is 5.66 Å². The van der Waals surface area contributed by atoms with E-state index in [-0.39, 0.29) is 10.8 Å². The van der Waals surface area contributed by atoms with E-state index in [1.165, 1.54) is 0 Å². The van der Waals surface area contributed by atoms with E-state index >= 15 is 0 Å². The van der Waals surface area contributed by atoms with Gasteiger partial charge in [0, 0.05) is 0 Å². The minimum atomic E-state index is -4.01. The monoisotopic (exact) mass is 236 g/mol. The Kier molecular flexibility index (Phi) is 4.61. The van der Waals surface area contributed by atoms with Crippen molar-refractivity contribution in [3.05, 3.63) is 0 Å². The second-order valence-corrected chi connectivity index (χ2v) is 8.01. The number of rotatable bonds is 4. The van der Waals surface area contributed by atoms with Crippen molar-refractivity contribution in [2.24, 2.45) is 10.8 Å². The van der Waals surface area contributed by atoms with E-state index in [4.69, 9.17) is 0 Å². The Hall–Kier alpha value is 0.150. The molecular weight excluding hydrogens is 211 g/mol. The molecule has 0 saturated carbocycles. The Morgan fingerprint density at radius 3 is 1.73 bits per heavy atom. The van der Waals surface area contributed by atoms with Crippen molar-refractivity contribution in [3.8, 4) is 0 Å². The fourth-order valence-corrected chi connectivity index (χ4v) is 3.54. The van der Waals surface area contributed by atoms with Gasteiger partial charge >= 0.3 is 7.60 Å². The van der Waals surface area contributed by atoms with Gasteiger partial charge in [-0.1, -0.05) is 48.0 Å². The maximum atomic E-state index is 11.5. The van der Waals surface area contributed by atoms with Crippen molar-refractivity contribution in [2.45, 2.75) is 60.0 Å². The average Bonchev–Trinajstić information content (AvgIpc) is 1.96. The largest absolute Gasteiger partial charge is 0.329 e. The lowest BCUT2D eigenvalue weighted by molar-refractivity contribution is 0.217. The lowest BCUT2D eigenvalue weighted by atomic mass is 9.78. The van der Waals surface area contributed by atoms with E-state index in [0.29, 0.717) is 6.42 Å². The van der Waals surface area contributed by atoms with Crippen LogP contribution in [0.5, 0.6) is 0 Å². The first-order chi connectivity index (χ1) is 6.40. The first kappa shape index (κ1) is 15.2. The highest BCUT2D eigenvalue weighted by Gasteiger charge is 2.42. The molecule has 4 heteroatoms. The van der Waals surface area contributed by atoms with Crippen molar-refractivity contribution < 1.29 is 14.4 Å². The van der Waals surface area contributed by atoms with E-state index in [1.54, 1.807) is 0 Å². The summed E-state index contributed by atoms with van der Waals surface area (Å²) in [6.07, 6.45) is 1.33. The van der Waals surface area contributed by atoms with Crippen LogP contribution in [0.15, 0.2) is 0 Å². The lowest BCUT2D eigenvalue weighted by Gasteiger charge is -2.37. The predicted molar refractivity (Wildman–Crippen MR) is 64.0 cm³/mol. The van der Waals surface area contributed by atoms with Crippen LogP contribution in [0, 0.1) is 10.8 Å². The molecule has 15 heavy (non-hydrogen) atoms. The van der Waals surface area contributed by atoms with Crippen LogP contribution in [-0.4, -0.2) is 15.4 Å². The second kappa shape index (κ2) is 4.57. The third-order valence-corrected chi connectivity index (χ3v) is 4.72. The molecule has 0 rings (SSSR count). The summed E-state index contributed by atoms with van der Waals surface area (Å²) in [5.74, 6) is 0. The Bertz CT molecular complexity index is 247. The molecule has 1 atom stereocenters. The fraction of sp³-hybridized carbons (Fsp3) is 1.00. The molecular formula is C11H25O3P. The maximum absolute atomic E-state index is 11.5. The summed E-state index contributed by atoms with van der Waals surface area (Å²) < 4.78 is 11.5. The summed E-state index contributed by atoms with van der Waals surface area (Å²) in [6.45, 7) is 11.9. The molecule has 0 aliphatic heterocycles. The molecule has 92 valence electrons. The zero-order valence-electron chi connectivity index (χ0n) is 10.7. The molecule has 3 nitrogen and oxygen atoms in total. The molecule has 0 spiro atoms. The van der Waals surface area contributed by atoms with Gasteiger partial charge in [0.25, 0.3) is 0 Å². The molecule has 1 unspecified atom stereocenters. The third kappa shape index (κ3) is 5.14. The molecule has 0 fully saturated rings. The van der Waals surface area contributed by atoms with Gasteiger partial charge in [-0.05, 0) is 17.3 Å². The molecule has 0 aliphatic rings. The van der Waals surface area contributed by atoms with Gasteiger partial charge < -0.3 is 9.79 Å². The molecule has 0 amide bonds. The van der Waals surface area contributed by atoms with Crippen LogP contribution in [0.3, 0.4) is 0 Å². The molecule has 0 radical (unpaired) electrons. The van der Waals surface area contributed by atoms with Crippen molar-refractivity contribution in [2.75, 3.05) is 0 Å². The van der Waals surface area contributed by atoms with E-state index < -0.39 is 13.3 Å². The Labute approximate surface area is 93.4 Å². The highest BCUT2D eigenvalue weighted by atomic mass is 31.2. The van der Waals surface area contributed by atoms with Crippen molar-refractivity contribution in [1.29, 1.82) is 0 Å². The molecule has 0 bridgehead atoms. The first-order valence-corrected chi connectivity index (χ1v) is 7.13. The van der Waals surface area contributed by atoms with Crippen LogP contribution in [0.4, 0.5) is 0 Å². The van der Waals surface area contributed by atoms with Crippen LogP contribution < -0.4 is 0 Å². The Morgan fingerprint density at radius 1 is 1.13 bits per heavy atom. The van der Waals surface area contributed by atoms with E-state index in [9.17, 15) is 14.4 Å². The van der Waals surface area contributed by atoms with E-state index in [2.05, 4.69) is 0 Å². The Morgan fingerprint density at radius 2 is 1.53 bits per heavy atom. The van der Waals surface area contributed by atoms with Crippen LogP contribution in [0.25, 0.3) is 0 Å². The smallest absolute Gasteiger partial charge is 0.324 e. The van der Waals surface area contributed by atoms with Crippen LogP contribution in [0.2, 0.25) is 0 Å². The highest BCUT2D eigenvalue weighted by molar-refractivity contribution is 7.52. The van der Waals surface area contributed by atoms with Crippen LogP contribution >= 0.6 is 7.60 Å². The molecule has 0 aliphatic carbocycles. The first-order valence-electron chi connectivity index (χ1n) is 5.45. The quantitative estimate of drug-likeness (QED) is 0.735. The number of hydrogen-bond acceptors (Lipinski definition) is 1. The molecule has 0 aromatic carbocycles. The number of hydrogen-bond donors (Lipinski definition) is 2. The van der Waals surface area contributed by atoms with E-state index in [1.807, 2.05) is 41.5 Å². The van der Waals surface area contributed by atoms with Crippen molar-refractivity contribution in [1.82, 2.24) is 0 Å². The summed E-state index contributed by atoms with van der Waals surface area (Å²) in [6, 6.07) is 0. The lowest BCUT2D eigenvalue weighted by Crippen LogP contribution is -2.32. The second-order valence-electron chi connectivity index (χ2n) is 6.21. The minimum absolute atomic E-state index is 0.0573. The summed E-state index contributed by atoms with van der Waals surface area (Å²) in [5.41, 5.74) is -0.917. The average molecular weight is 236 g/mol. The molecule has 0 saturated heterocycles. The zero-order valence-corrected chi connectivity index (χ0v) is 11.6. The summed E-state index contributed by atoms with van der Waals surface area (Å²) in [7, 11) is -4.01. The SMILES string of the molecule is CCC(C)(C)C(CC(C)(C)C)P(=O)(O)O. The predicted octanol–water partition coefficient (Wildman–Crippen LogP) is 3.41. The van der Waals surface area contributed by atoms with Crippen LogP contribution in [0.1, 0.15) is 54.4 Å². The van der Waals surface area contributed by atoms with Crippen LogP contribution in [-0.2, 0) is 4.57 Å². The summed E-state index contributed by atoms with van der Waals surface area (Å²) >= 11 is 0. The van der Waals surface area contributed by atoms with Gasteiger partial charge in [-0.3, -0.25) is 4.57 Å².